The Morgan fingerprint density at radius 2 is 1.70 bits per heavy atom. The Labute approximate surface area is 176 Å². The Kier molecular flexibility index (Phi) is 5.23. The number of nitrogens with one attached hydrogen (secondary N) is 1. The zero-order valence-corrected chi connectivity index (χ0v) is 17.7. The van der Waals surface area contributed by atoms with E-state index >= 15 is 0 Å². The minimum atomic E-state index is -0.185. The summed E-state index contributed by atoms with van der Waals surface area (Å²) >= 11 is 0. The quantitative estimate of drug-likeness (QED) is 0.533. The number of rotatable bonds is 5. The molecular formula is C24H25N5O. The summed E-state index contributed by atoms with van der Waals surface area (Å²) < 4.78 is 3.71. The van der Waals surface area contributed by atoms with E-state index in [1.807, 2.05) is 53.5 Å². The second-order valence-electron chi connectivity index (χ2n) is 7.59. The molecular weight excluding hydrogens is 374 g/mol. The second-order valence-corrected chi connectivity index (χ2v) is 7.59. The van der Waals surface area contributed by atoms with Crippen molar-refractivity contribution in [3.8, 4) is 5.69 Å². The molecule has 0 saturated heterocycles. The number of benzene rings is 2. The molecule has 152 valence electrons. The Balaban J connectivity index is 1.55. The van der Waals surface area contributed by atoms with Crippen molar-refractivity contribution >= 4 is 11.6 Å². The zero-order valence-electron chi connectivity index (χ0n) is 17.7. The lowest BCUT2D eigenvalue weighted by atomic mass is 10.1. The van der Waals surface area contributed by atoms with Gasteiger partial charge in [-0.15, -0.1) is 0 Å². The zero-order chi connectivity index (χ0) is 21.3. The van der Waals surface area contributed by atoms with Gasteiger partial charge in [0.1, 0.15) is 0 Å². The molecule has 0 bridgehead atoms. The van der Waals surface area contributed by atoms with Crippen molar-refractivity contribution in [2.24, 2.45) is 0 Å². The molecule has 0 aliphatic carbocycles. The van der Waals surface area contributed by atoms with Crippen LogP contribution in [-0.2, 0) is 6.54 Å². The minimum absolute atomic E-state index is 0.185. The number of anilines is 1. The summed E-state index contributed by atoms with van der Waals surface area (Å²) in [5.41, 5.74) is 7.41. The molecule has 0 radical (unpaired) electrons. The SMILES string of the molecule is Cc1ccc(C)c(-n2ncc(NC(=O)c3cnn(Cc4ccccc4)c3C)c2C)c1. The molecule has 1 N–H and O–H groups in total. The van der Waals surface area contributed by atoms with Gasteiger partial charge in [-0.3, -0.25) is 9.48 Å². The molecule has 0 spiro atoms. The standard InChI is InChI=1S/C24H25N5O/c1-16-10-11-17(2)23(12-16)29-19(4)22(14-26-29)27-24(30)21-13-25-28(18(21)3)15-20-8-6-5-7-9-20/h5-14H,15H2,1-4H3,(H,27,30). The average Bonchev–Trinajstić information content (AvgIpc) is 3.27. The lowest BCUT2D eigenvalue weighted by molar-refractivity contribution is 0.102. The third kappa shape index (κ3) is 3.76. The van der Waals surface area contributed by atoms with Gasteiger partial charge in [-0.25, -0.2) is 4.68 Å². The largest absolute Gasteiger partial charge is 0.319 e. The number of carbonyl (C=O) groups is 1. The summed E-state index contributed by atoms with van der Waals surface area (Å²) in [5.74, 6) is -0.185. The average molecular weight is 399 g/mol. The van der Waals surface area contributed by atoms with Crippen LogP contribution in [0.5, 0.6) is 0 Å². The number of amides is 1. The van der Waals surface area contributed by atoms with Crippen LogP contribution in [0.2, 0.25) is 0 Å². The third-order valence-corrected chi connectivity index (χ3v) is 5.37. The summed E-state index contributed by atoms with van der Waals surface area (Å²) in [6.45, 7) is 8.61. The molecule has 4 aromatic rings. The second kappa shape index (κ2) is 7.99. The highest BCUT2D eigenvalue weighted by Gasteiger charge is 2.18. The van der Waals surface area contributed by atoms with Crippen molar-refractivity contribution in [3.63, 3.8) is 0 Å². The molecule has 0 aliphatic heterocycles. The summed E-state index contributed by atoms with van der Waals surface area (Å²) in [4.78, 5) is 12.9. The molecule has 6 nitrogen and oxygen atoms in total. The maximum Gasteiger partial charge on any atom is 0.259 e. The molecule has 1 amide bonds. The highest BCUT2D eigenvalue weighted by Crippen LogP contribution is 2.23. The lowest BCUT2D eigenvalue weighted by Crippen LogP contribution is -2.14. The minimum Gasteiger partial charge on any atom is -0.319 e. The van der Waals surface area contributed by atoms with E-state index in [9.17, 15) is 4.79 Å². The van der Waals surface area contributed by atoms with Crippen LogP contribution in [0.25, 0.3) is 5.69 Å². The molecule has 0 atom stereocenters. The topological polar surface area (TPSA) is 64.7 Å². The van der Waals surface area contributed by atoms with Gasteiger partial charge in [0.05, 0.1) is 41.6 Å². The van der Waals surface area contributed by atoms with Gasteiger partial charge in [-0.2, -0.15) is 10.2 Å². The van der Waals surface area contributed by atoms with Gasteiger partial charge < -0.3 is 5.32 Å². The number of aryl methyl sites for hydroxylation is 2. The van der Waals surface area contributed by atoms with Crippen molar-refractivity contribution in [2.45, 2.75) is 34.2 Å². The van der Waals surface area contributed by atoms with Gasteiger partial charge in [-0.05, 0) is 50.5 Å². The third-order valence-electron chi connectivity index (χ3n) is 5.37. The fraction of sp³-hybridized carbons (Fsp3) is 0.208. The maximum atomic E-state index is 12.9. The van der Waals surface area contributed by atoms with E-state index in [2.05, 4.69) is 47.6 Å². The van der Waals surface area contributed by atoms with Crippen LogP contribution in [0.3, 0.4) is 0 Å². The van der Waals surface area contributed by atoms with E-state index in [0.29, 0.717) is 17.8 Å². The van der Waals surface area contributed by atoms with Gasteiger partial charge in [0.15, 0.2) is 0 Å². The number of aromatic nitrogens is 4. The number of hydrogen-bond donors (Lipinski definition) is 1. The Hall–Kier alpha value is -3.67. The first-order chi connectivity index (χ1) is 14.4. The summed E-state index contributed by atoms with van der Waals surface area (Å²) in [6, 6.07) is 16.3. The molecule has 0 unspecified atom stereocenters. The van der Waals surface area contributed by atoms with E-state index in [1.54, 1.807) is 12.4 Å². The van der Waals surface area contributed by atoms with Crippen LogP contribution >= 0.6 is 0 Å². The van der Waals surface area contributed by atoms with Crippen molar-refractivity contribution < 1.29 is 4.79 Å². The number of nitrogens with zero attached hydrogens (tertiary/aromatic N) is 4. The van der Waals surface area contributed by atoms with E-state index < -0.39 is 0 Å². The van der Waals surface area contributed by atoms with Gasteiger partial charge in [0.2, 0.25) is 0 Å². The number of carbonyl (C=O) groups excluding carboxylic acids is 1. The van der Waals surface area contributed by atoms with Gasteiger partial charge in [0, 0.05) is 5.69 Å². The van der Waals surface area contributed by atoms with Crippen molar-refractivity contribution in [1.82, 2.24) is 19.6 Å². The predicted octanol–water partition coefficient (Wildman–Crippen LogP) is 4.60. The Morgan fingerprint density at radius 1 is 0.933 bits per heavy atom. The first-order valence-electron chi connectivity index (χ1n) is 9.94. The molecule has 0 saturated carbocycles. The summed E-state index contributed by atoms with van der Waals surface area (Å²) in [6.07, 6.45) is 3.32. The van der Waals surface area contributed by atoms with Gasteiger partial charge >= 0.3 is 0 Å². The van der Waals surface area contributed by atoms with Crippen molar-refractivity contribution in [3.05, 3.63) is 94.6 Å². The first-order valence-corrected chi connectivity index (χ1v) is 9.94. The van der Waals surface area contributed by atoms with E-state index in [-0.39, 0.29) is 5.91 Å². The molecule has 2 heterocycles. The molecule has 30 heavy (non-hydrogen) atoms. The van der Waals surface area contributed by atoms with Crippen LogP contribution in [0.1, 0.15) is 38.4 Å². The monoisotopic (exact) mass is 399 g/mol. The fourth-order valence-electron chi connectivity index (χ4n) is 3.50. The molecule has 0 fully saturated rings. The van der Waals surface area contributed by atoms with Crippen LogP contribution < -0.4 is 5.32 Å². The van der Waals surface area contributed by atoms with Crippen LogP contribution in [0, 0.1) is 27.7 Å². The molecule has 2 aromatic heterocycles. The highest BCUT2D eigenvalue weighted by atomic mass is 16.1. The van der Waals surface area contributed by atoms with Gasteiger partial charge in [-0.1, -0.05) is 42.5 Å². The summed E-state index contributed by atoms with van der Waals surface area (Å²) in [7, 11) is 0. The van der Waals surface area contributed by atoms with E-state index in [4.69, 9.17) is 0 Å². The van der Waals surface area contributed by atoms with Crippen LogP contribution in [0.15, 0.2) is 60.9 Å². The Bertz CT molecular complexity index is 1200. The predicted molar refractivity (Wildman–Crippen MR) is 118 cm³/mol. The van der Waals surface area contributed by atoms with Crippen molar-refractivity contribution in [1.29, 1.82) is 0 Å². The van der Waals surface area contributed by atoms with E-state index in [0.717, 1.165) is 33.8 Å². The van der Waals surface area contributed by atoms with Crippen LogP contribution in [-0.4, -0.2) is 25.5 Å². The van der Waals surface area contributed by atoms with Crippen LogP contribution in [0.4, 0.5) is 5.69 Å². The maximum absolute atomic E-state index is 12.9. The molecule has 6 heteroatoms. The normalized spacial score (nSPS) is 10.9. The Morgan fingerprint density at radius 3 is 2.47 bits per heavy atom. The first kappa shape index (κ1) is 19.6. The summed E-state index contributed by atoms with van der Waals surface area (Å²) in [5, 5.41) is 11.9. The smallest absolute Gasteiger partial charge is 0.259 e. The van der Waals surface area contributed by atoms with Crippen molar-refractivity contribution in [2.75, 3.05) is 5.32 Å². The van der Waals surface area contributed by atoms with Gasteiger partial charge in [0.25, 0.3) is 5.91 Å². The lowest BCUT2D eigenvalue weighted by Gasteiger charge is -2.10. The fourth-order valence-corrected chi connectivity index (χ4v) is 3.50. The molecule has 0 aliphatic rings. The number of hydrogen-bond acceptors (Lipinski definition) is 3. The highest BCUT2D eigenvalue weighted by molar-refractivity contribution is 6.05. The molecule has 2 aromatic carbocycles. The molecule has 4 rings (SSSR count). The van der Waals surface area contributed by atoms with E-state index in [1.165, 1.54) is 0 Å².